The van der Waals surface area contributed by atoms with Crippen LogP contribution in [0.4, 0.5) is 0 Å². The van der Waals surface area contributed by atoms with E-state index < -0.39 is 12.0 Å². The molecule has 5 heteroatoms. The minimum absolute atomic E-state index is 0.0686. The number of benzene rings is 1. The summed E-state index contributed by atoms with van der Waals surface area (Å²) in [5, 5.41) is 10.7. The molecule has 2 heterocycles. The maximum absolute atomic E-state index is 12.9. The first-order chi connectivity index (χ1) is 11.6. The highest BCUT2D eigenvalue weighted by Crippen LogP contribution is 2.42. The Bertz CT molecular complexity index is 810. The number of fused-ring (bicyclic) bond motifs is 2. The monoisotopic (exact) mass is 326 g/mol. The number of aliphatic carboxylic acids is 1. The standard InChI is InChI=1S/C19H22N2O3/c1-11-4-2-7-15-17(11)13(9-20-15)8-16(22)21-10-12-5-3-6-14(12)18(21)19(23)24/h2,4,7,9,12,14,18,20H,3,5-6,8,10H2,1H3,(H,23,24). The van der Waals surface area contributed by atoms with E-state index in [1.807, 2.05) is 31.3 Å². The van der Waals surface area contributed by atoms with Crippen LogP contribution >= 0.6 is 0 Å². The molecule has 3 unspecified atom stereocenters. The molecule has 1 amide bonds. The molecule has 1 aliphatic heterocycles. The molecule has 0 spiro atoms. The summed E-state index contributed by atoms with van der Waals surface area (Å²) in [5.74, 6) is -0.426. The van der Waals surface area contributed by atoms with Gasteiger partial charge in [-0.25, -0.2) is 4.79 Å². The number of aromatic nitrogens is 1. The third kappa shape index (κ3) is 2.30. The Hall–Kier alpha value is -2.30. The van der Waals surface area contributed by atoms with Crippen molar-refractivity contribution >= 4 is 22.8 Å². The summed E-state index contributed by atoms with van der Waals surface area (Å²) in [6.07, 6.45) is 5.20. The first-order valence-corrected chi connectivity index (χ1v) is 8.64. The van der Waals surface area contributed by atoms with E-state index in [9.17, 15) is 14.7 Å². The summed E-state index contributed by atoms with van der Waals surface area (Å²) in [6, 6.07) is 5.37. The minimum Gasteiger partial charge on any atom is -0.480 e. The number of hydrogen-bond donors (Lipinski definition) is 2. The van der Waals surface area contributed by atoms with Gasteiger partial charge in [0.05, 0.1) is 6.42 Å². The lowest BCUT2D eigenvalue weighted by Gasteiger charge is -2.24. The van der Waals surface area contributed by atoms with Crippen molar-refractivity contribution in [1.82, 2.24) is 9.88 Å². The fourth-order valence-electron chi connectivity index (χ4n) is 4.73. The molecule has 24 heavy (non-hydrogen) atoms. The Balaban J connectivity index is 1.60. The summed E-state index contributed by atoms with van der Waals surface area (Å²) in [7, 11) is 0. The maximum Gasteiger partial charge on any atom is 0.326 e. The number of hydrogen-bond acceptors (Lipinski definition) is 2. The van der Waals surface area contributed by atoms with E-state index in [1.165, 1.54) is 0 Å². The first kappa shape index (κ1) is 15.2. The number of carboxylic acids is 1. The quantitative estimate of drug-likeness (QED) is 0.911. The van der Waals surface area contributed by atoms with Gasteiger partial charge in [0.1, 0.15) is 6.04 Å². The Labute approximate surface area is 140 Å². The van der Waals surface area contributed by atoms with Crippen LogP contribution in [0, 0.1) is 18.8 Å². The van der Waals surface area contributed by atoms with Crippen LogP contribution in [-0.2, 0) is 16.0 Å². The second-order valence-corrected chi connectivity index (χ2v) is 7.17. The number of nitrogens with one attached hydrogen (secondary N) is 1. The number of carbonyl (C=O) groups is 2. The Morgan fingerprint density at radius 2 is 2.17 bits per heavy atom. The van der Waals surface area contributed by atoms with Crippen molar-refractivity contribution in [3.05, 3.63) is 35.5 Å². The van der Waals surface area contributed by atoms with Crippen LogP contribution in [0.1, 0.15) is 30.4 Å². The van der Waals surface area contributed by atoms with Gasteiger partial charge in [-0.15, -0.1) is 0 Å². The smallest absolute Gasteiger partial charge is 0.326 e. The molecule has 2 fully saturated rings. The van der Waals surface area contributed by atoms with E-state index in [0.717, 1.165) is 41.3 Å². The number of nitrogens with zero attached hydrogens (tertiary/aromatic N) is 1. The van der Waals surface area contributed by atoms with Crippen molar-refractivity contribution in [2.45, 2.75) is 38.6 Å². The number of aromatic amines is 1. The number of H-pyrrole nitrogens is 1. The molecule has 4 rings (SSSR count). The zero-order valence-corrected chi connectivity index (χ0v) is 13.8. The topological polar surface area (TPSA) is 73.4 Å². The van der Waals surface area contributed by atoms with E-state index in [2.05, 4.69) is 4.98 Å². The van der Waals surface area contributed by atoms with Crippen molar-refractivity contribution in [1.29, 1.82) is 0 Å². The van der Waals surface area contributed by atoms with Crippen molar-refractivity contribution in [3.63, 3.8) is 0 Å². The normalized spacial score (nSPS) is 26.0. The van der Waals surface area contributed by atoms with Gasteiger partial charge in [0, 0.05) is 23.6 Å². The summed E-state index contributed by atoms with van der Waals surface area (Å²) in [4.78, 5) is 29.4. The van der Waals surface area contributed by atoms with Crippen LogP contribution in [-0.4, -0.2) is 39.5 Å². The highest BCUT2D eigenvalue weighted by molar-refractivity contribution is 5.92. The van der Waals surface area contributed by atoms with Crippen LogP contribution in [0.3, 0.4) is 0 Å². The van der Waals surface area contributed by atoms with Gasteiger partial charge < -0.3 is 15.0 Å². The molecule has 0 radical (unpaired) electrons. The van der Waals surface area contributed by atoms with Gasteiger partial charge in [0.25, 0.3) is 0 Å². The second-order valence-electron chi connectivity index (χ2n) is 7.17. The minimum atomic E-state index is -0.854. The highest BCUT2D eigenvalue weighted by Gasteiger charge is 2.49. The van der Waals surface area contributed by atoms with Gasteiger partial charge in [-0.05, 0) is 48.8 Å². The Kier molecular flexibility index (Phi) is 3.59. The molecular weight excluding hydrogens is 304 g/mol. The van der Waals surface area contributed by atoms with E-state index in [-0.39, 0.29) is 18.2 Å². The van der Waals surface area contributed by atoms with Crippen LogP contribution in [0.15, 0.2) is 24.4 Å². The van der Waals surface area contributed by atoms with Gasteiger partial charge in [-0.3, -0.25) is 4.79 Å². The van der Waals surface area contributed by atoms with Crippen LogP contribution in [0.2, 0.25) is 0 Å². The van der Waals surface area contributed by atoms with Crippen molar-refractivity contribution in [2.24, 2.45) is 11.8 Å². The number of rotatable bonds is 3. The zero-order valence-electron chi connectivity index (χ0n) is 13.8. The number of likely N-dealkylation sites (tertiary alicyclic amines) is 1. The predicted molar refractivity (Wildman–Crippen MR) is 90.7 cm³/mol. The average Bonchev–Trinajstić information content (AvgIpc) is 3.20. The molecule has 3 atom stereocenters. The molecule has 1 saturated heterocycles. The van der Waals surface area contributed by atoms with Crippen molar-refractivity contribution in [3.8, 4) is 0 Å². The van der Waals surface area contributed by atoms with Crippen molar-refractivity contribution < 1.29 is 14.7 Å². The average molecular weight is 326 g/mol. The van der Waals surface area contributed by atoms with Crippen LogP contribution in [0.25, 0.3) is 10.9 Å². The molecule has 2 aromatic rings. The summed E-state index contributed by atoms with van der Waals surface area (Å²) in [6.45, 7) is 2.63. The van der Waals surface area contributed by atoms with Crippen molar-refractivity contribution in [2.75, 3.05) is 6.54 Å². The number of carbonyl (C=O) groups excluding carboxylic acids is 1. The highest BCUT2D eigenvalue weighted by atomic mass is 16.4. The largest absolute Gasteiger partial charge is 0.480 e. The number of carboxylic acid groups (broad SMARTS) is 1. The summed E-state index contributed by atoms with van der Waals surface area (Å²) >= 11 is 0. The van der Waals surface area contributed by atoms with Crippen LogP contribution in [0.5, 0.6) is 0 Å². The summed E-state index contributed by atoms with van der Waals surface area (Å²) in [5.41, 5.74) is 3.10. The molecule has 5 nitrogen and oxygen atoms in total. The lowest BCUT2D eigenvalue weighted by atomic mass is 9.94. The lowest BCUT2D eigenvalue weighted by molar-refractivity contribution is -0.149. The molecule has 1 aromatic carbocycles. The van der Waals surface area contributed by atoms with E-state index in [4.69, 9.17) is 0 Å². The molecule has 2 aliphatic rings. The molecule has 126 valence electrons. The van der Waals surface area contributed by atoms with E-state index >= 15 is 0 Å². The first-order valence-electron chi connectivity index (χ1n) is 8.64. The molecule has 1 saturated carbocycles. The number of amides is 1. The Morgan fingerprint density at radius 1 is 1.33 bits per heavy atom. The molecular formula is C19H22N2O3. The third-order valence-corrected chi connectivity index (χ3v) is 5.80. The van der Waals surface area contributed by atoms with Gasteiger partial charge in [-0.2, -0.15) is 0 Å². The molecule has 2 N–H and O–H groups in total. The maximum atomic E-state index is 12.9. The number of aryl methyl sites for hydroxylation is 1. The van der Waals surface area contributed by atoms with Gasteiger partial charge >= 0.3 is 5.97 Å². The molecule has 1 aromatic heterocycles. The fourth-order valence-corrected chi connectivity index (χ4v) is 4.73. The van der Waals surface area contributed by atoms with E-state index in [0.29, 0.717) is 12.5 Å². The SMILES string of the molecule is Cc1cccc2[nH]cc(CC(=O)N3CC4CCCC4C3C(=O)O)c12. The fraction of sp³-hybridized carbons (Fsp3) is 0.474. The third-order valence-electron chi connectivity index (χ3n) is 5.80. The van der Waals surface area contributed by atoms with Gasteiger partial charge in [0.2, 0.25) is 5.91 Å². The second kappa shape index (κ2) is 5.65. The molecule has 1 aliphatic carbocycles. The van der Waals surface area contributed by atoms with Gasteiger partial charge in [0.15, 0.2) is 0 Å². The van der Waals surface area contributed by atoms with Crippen LogP contribution < -0.4 is 0 Å². The zero-order chi connectivity index (χ0) is 16.8. The van der Waals surface area contributed by atoms with E-state index in [1.54, 1.807) is 4.90 Å². The summed E-state index contributed by atoms with van der Waals surface area (Å²) < 4.78 is 0. The predicted octanol–water partition coefficient (Wildman–Crippen LogP) is 2.73. The molecule has 0 bridgehead atoms. The Morgan fingerprint density at radius 3 is 2.96 bits per heavy atom. The van der Waals surface area contributed by atoms with Gasteiger partial charge in [-0.1, -0.05) is 18.6 Å². The lowest BCUT2D eigenvalue weighted by Crippen LogP contribution is -2.43.